The van der Waals surface area contributed by atoms with Crippen LogP contribution in [-0.2, 0) is 19.7 Å². The van der Waals surface area contributed by atoms with Crippen LogP contribution in [0, 0.1) is 0 Å². The largest absolute Gasteiger partial charge is 0.481 e. The van der Waals surface area contributed by atoms with E-state index in [1.165, 1.54) is 0 Å². The molecule has 3 aromatic rings. The van der Waals surface area contributed by atoms with E-state index in [4.69, 9.17) is 25.8 Å². The van der Waals surface area contributed by atoms with E-state index < -0.39 is 17.5 Å². The number of aromatic amines is 1. The van der Waals surface area contributed by atoms with Crippen LogP contribution in [0.3, 0.4) is 0 Å². The van der Waals surface area contributed by atoms with E-state index in [2.05, 4.69) is 15.0 Å². The van der Waals surface area contributed by atoms with Gasteiger partial charge in [-0.15, -0.1) is 0 Å². The Kier molecular flexibility index (Phi) is 4.45. The van der Waals surface area contributed by atoms with Crippen molar-refractivity contribution in [3.05, 3.63) is 40.9 Å². The molecule has 3 aliphatic rings. The molecule has 0 spiro atoms. The second-order valence-corrected chi connectivity index (χ2v) is 8.92. The highest BCUT2D eigenvalue weighted by Gasteiger charge is 2.51. The number of nitrogens with one attached hydrogen (secondary N) is 1. The molecule has 2 saturated heterocycles. The van der Waals surface area contributed by atoms with Crippen LogP contribution in [0.5, 0.6) is 6.01 Å². The van der Waals surface area contributed by atoms with E-state index >= 15 is 0 Å². The lowest BCUT2D eigenvalue weighted by Gasteiger charge is -2.15. The lowest BCUT2D eigenvalue weighted by Crippen LogP contribution is -2.34. The van der Waals surface area contributed by atoms with Crippen molar-refractivity contribution in [1.29, 1.82) is 0 Å². The average Bonchev–Trinajstić information content (AvgIpc) is 3.18. The summed E-state index contributed by atoms with van der Waals surface area (Å²) < 4.78 is 17.1. The van der Waals surface area contributed by atoms with Crippen molar-refractivity contribution in [3.8, 4) is 17.3 Å². The Morgan fingerprint density at radius 2 is 1.91 bits per heavy atom. The number of aliphatic hydroxyl groups excluding tert-OH is 1. The molecular formula is C22H20ClN3O6. The fourth-order valence-corrected chi connectivity index (χ4v) is 4.80. The quantitative estimate of drug-likeness (QED) is 0.532. The van der Waals surface area contributed by atoms with E-state index in [0.717, 1.165) is 11.1 Å². The number of ether oxygens (including phenoxy) is 3. The number of imidazole rings is 1. The number of benzene rings is 1. The van der Waals surface area contributed by atoms with E-state index in [-0.39, 0.29) is 30.9 Å². The Morgan fingerprint density at radius 3 is 2.62 bits per heavy atom. The van der Waals surface area contributed by atoms with Crippen LogP contribution in [0.25, 0.3) is 22.4 Å². The molecular weight excluding hydrogens is 438 g/mol. The minimum absolute atomic E-state index is 0.224. The zero-order valence-electron chi connectivity index (χ0n) is 16.8. The van der Waals surface area contributed by atoms with Gasteiger partial charge in [0.25, 0.3) is 6.01 Å². The minimum Gasteiger partial charge on any atom is -0.481 e. The SMILES string of the molecule is O=C(O)C1(c2ccc(-c3nc4nc(O[C@@H]5CO[C@H]6[C@@H]5OC[C@H]6O)[nH]c4cc3Cl)cc2)CC1. The lowest BCUT2D eigenvalue weighted by molar-refractivity contribution is -0.140. The summed E-state index contributed by atoms with van der Waals surface area (Å²) in [5.74, 6) is -0.789. The van der Waals surface area contributed by atoms with Crippen molar-refractivity contribution in [2.24, 2.45) is 0 Å². The van der Waals surface area contributed by atoms with Crippen LogP contribution in [-0.4, -0.2) is 68.8 Å². The highest BCUT2D eigenvalue weighted by Crippen LogP contribution is 2.48. The molecule has 32 heavy (non-hydrogen) atoms. The summed E-state index contributed by atoms with van der Waals surface area (Å²) in [7, 11) is 0. The Bertz CT molecular complexity index is 1210. The standard InChI is InChI=1S/C22H20ClN3O6/c23-12-7-13-19(26-21(24-13)32-15-9-31-17-14(27)8-30-18(15)17)25-16(12)10-1-3-11(4-2-10)22(5-6-22)20(28)29/h1-4,7,14-15,17-18,27H,5-6,8-9H2,(H,28,29)(H,24,25,26)/t14-,15-,17-,18-/m1/s1. The third-order valence-electron chi connectivity index (χ3n) is 6.52. The zero-order chi connectivity index (χ0) is 22.0. The highest BCUT2D eigenvalue weighted by molar-refractivity contribution is 6.33. The van der Waals surface area contributed by atoms with Gasteiger partial charge < -0.3 is 29.4 Å². The number of carbonyl (C=O) groups is 1. The molecule has 4 atom stereocenters. The summed E-state index contributed by atoms with van der Waals surface area (Å²) in [6.07, 6.45) is -0.458. The molecule has 0 bridgehead atoms. The summed E-state index contributed by atoms with van der Waals surface area (Å²) in [4.78, 5) is 23.6. The monoisotopic (exact) mass is 457 g/mol. The molecule has 6 rings (SSSR count). The first-order valence-electron chi connectivity index (χ1n) is 10.4. The number of aliphatic hydroxyl groups is 1. The van der Waals surface area contributed by atoms with Crippen molar-refractivity contribution >= 4 is 28.7 Å². The van der Waals surface area contributed by atoms with E-state index in [1.54, 1.807) is 6.07 Å². The van der Waals surface area contributed by atoms with Gasteiger partial charge in [-0.25, -0.2) is 4.98 Å². The number of halogens is 1. The van der Waals surface area contributed by atoms with Crippen LogP contribution in [0.15, 0.2) is 30.3 Å². The maximum absolute atomic E-state index is 11.6. The number of nitrogens with zero attached hydrogens (tertiary/aromatic N) is 2. The molecule has 3 N–H and O–H groups in total. The van der Waals surface area contributed by atoms with Crippen LogP contribution < -0.4 is 4.74 Å². The number of carboxylic acids is 1. The van der Waals surface area contributed by atoms with E-state index in [0.29, 0.717) is 41.3 Å². The third-order valence-corrected chi connectivity index (χ3v) is 6.81. The molecule has 1 aliphatic carbocycles. The highest BCUT2D eigenvalue weighted by atomic mass is 35.5. The Labute approximate surface area is 187 Å². The third kappa shape index (κ3) is 3.07. The predicted octanol–water partition coefficient (Wildman–Crippen LogP) is 2.30. The van der Waals surface area contributed by atoms with Crippen molar-refractivity contribution in [2.75, 3.05) is 13.2 Å². The fourth-order valence-electron chi connectivity index (χ4n) is 4.54. The molecule has 1 saturated carbocycles. The summed E-state index contributed by atoms with van der Waals surface area (Å²) in [5, 5.41) is 19.8. The van der Waals surface area contributed by atoms with Crippen LogP contribution >= 0.6 is 11.6 Å². The number of H-pyrrole nitrogens is 1. The average molecular weight is 458 g/mol. The number of fused-ring (bicyclic) bond motifs is 2. The summed E-state index contributed by atoms with van der Waals surface area (Å²) >= 11 is 6.49. The number of pyridine rings is 1. The van der Waals surface area contributed by atoms with Crippen molar-refractivity contribution in [2.45, 2.75) is 42.7 Å². The molecule has 2 aliphatic heterocycles. The number of hydrogen-bond donors (Lipinski definition) is 3. The molecule has 0 amide bonds. The Balaban J connectivity index is 1.26. The molecule has 0 radical (unpaired) electrons. The number of aromatic nitrogens is 3. The van der Waals surface area contributed by atoms with E-state index in [9.17, 15) is 15.0 Å². The molecule has 10 heteroatoms. The molecule has 3 fully saturated rings. The maximum atomic E-state index is 11.6. The molecule has 9 nitrogen and oxygen atoms in total. The number of hydrogen-bond acceptors (Lipinski definition) is 7. The maximum Gasteiger partial charge on any atom is 0.314 e. The van der Waals surface area contributed by atoms with Gasteiger partial charge in [-0.1, -0.05) is 35.9 Å². The Morgan fingerprint density at radius 1 is 1.16 bits per heavy atom. The lowest BCUT2D eigenvalue weighted by atomic mass is 9.94. The molecule has 166 valence electrons. The van der Waals surface area contributed by atoms with Crippen molar-refractivity contribution in [1.82, 2.24) is 15.0 Å². The zero-order valence-corrected chi connectivity index (χ0v) is 17.6. The van der Waals surface area contributed by atoms with Gasteiger partial charge in [0.2, 0.25) is 0 Å². The van der Waals surface area contributed by atoms with Crippen molar-refractivity contribution < 1.29 is 29.2 Å². The van der Waals surface area contributed by atoms with Crippen LogP contribution in [0.1, 0.15) is 18.4 Å². The van der Waals surface area contributed by atoms with Crippen LogP contribution in [0.4, 0.5) is 0 Å². The fraction of sp³-hybridized carbons (Fsp3) is 0.409. The number of aliphatic carboxylic acids is 1. The first-order valence-corrected chi connectivity index (χ1v) is 10.8. The van der Waals surface area contributed by atoms with Crippen molar-refractivity contribution in [3.63, 3.8) is 0 Å². The van der Waals surface area contributed by atoms with Gasteiger partial charge in [0.1, 0.15) is 18.3 Å². The predicted molar refractivity (Wildman–Crippen MR) is 113 cm³/mol. The summed E-state index contributed by atoms with van der Waals surface area (Å²) in [5.41, 5.74) is 2.42. The molecule has 2 aromatic heterocycles. The second kappa shape index (κ2) is 7.14. The molecule has 4 heterocycles. The first kappa shape index (κ1) is 19.9. The van der Waals surface area contributed by atoms with Gasteiger partial charge in [-0.3, -0.25) is 4.79 Å². The summed E-state index contributed by atoms with van der Waals surface area (Å²) in [6, 6.07) is 9.32. The smallest absolute Gasteiger partial charge is 0.314 e. The minimum atomic E-state index is -0.789. The van der Waals surface area contributed by atoms with Gasteiger partial charge in [0, 0.05) is 5.56 Å². The van der Waals surface area contributed by atoms with Gasteiger partial charge in [-0.2, -0.15) is 4.98 Å². The second-order valence-electron chi connectivity index (χ2n) is 8.52. The number of carboxylic acid groups (broad SMARTS) is 1. The summed E-state index contributed by atoms with van der Waals surface area (Å²) in [6.45, 7) is 0.523. The topological polar surface area (TPSA) is 127 Å². The van der Waals surface area contributed by atoms with Gasteiger partial charge in [-0.05, 0) is 24.5 Å². The number of rotatable bonds is 5. The molecule has 0 unspecified atom stereocenters. The van der Waals surface area contributed by atoms with Gasteiger partial charge >= 0.3 is 5.97 Å². The van der Waals surface area contributed by atoms with E-state index in [1.807, 2.05) is 24.3 Å². The normalized spacial score (nSPS) is 28.1. The first-order chi connectivity index (χ1) is 15.4. The van der Waals surface area contributed by atoms with Gasteiger partial charge in [0.05, 0.1) is 34.9 Å². The Hall–Kier alpha value is -2.72. The van der Waals surface area contributed by atoms with Gasteiger partial charge in [0.15, 0.2) is 11.8 Å². The molecule has 1 aromatic carbocycles. The van der Waals surface area contributed by atoms with Crippen LogP contribution in [0.2, 0.25) is 5.02 Å².